The monoisotopic (exact) mass is 640 g/mol. The van der Waals surface area contributed by atoms with Crippen LogP contribution in [-0.2, 0) is 11.2 Å². The molecule has 0 unspecified atom stereocenters. The number of ether oxygens (including phenoxy) is 2. The summed E-state index contributed by atoms with van der Waals surface area (Å²) in [5, 5.41) is 7.76. The molecule has 0 saturated carbocycles. The van der Waals surface area contributed by atoms with Gasteiger partial charge >= 0.3 is 0 Å². The van der Waals surface area contributed by atoms with Crippen molar-refractivity contribution in [3.8, 4) is 11.5 Å². The molecule has 1 N–H and O–H groups in total. The summed E-state index contributed by atoms with van der Waals surface area (Å²) in [6.07, 6.45) is 4.04. The number of rotatable bonds is 10. The van der Waals surface area contributed by atoms with E-state index in [-0.39, 0.29) is 18.1 Å². The highest BCUT2D eigenvalue weighted by Crippen LogP contribution is 2.33. The number of anilines is 1. The number of methoxy groups -OCH3 is 1. The fourth-order valence-electron chi connectivity index (χ4n) is 3.71. The Morgan fingerprint density at radius 1 is 1.11 bits per heavy atom. The summed E-state index contributed by atoms with van der Waals surface area (Å²) in [7, 11) is 1.51. The number of fused-ring (bicyclic) bond motifs is 1. The number of nitrogens with one attached hydrogen (secondary N) is 1. The predicted octanol–water partition coefficient (Wildman–Crippen LogP) is 6.17. The molecule has 0 aliphatic carbocycles. The molecule has 0 aliphatic heterocycles. The maximum Gasteiger partial charge on any atom is 0.282 e. The van der Waals surface area contributed by atoms with Crippen molar-refractivity contribution in [2.45, 2.75) is 26.2 Å². The molecule has 4 rings (SSSR count). The number of nitrogens with zero attached hydrogens (tertiary/aromatic N) is 3. The van der Waals surface area contributed by atoms with Crippen molar-refractivity contribution in [3.05, 3.63) is 91.4 Å². The Hall–Kier alpha value is -3.50. The summed E-state index contributed by atoms with van der Waals surface area (Å²) in [4.78, 5) is 30.3. The fraction of sp³-hybridized carbons (Fsp3) is 0.214. The molecule has 0 spiro atoms. The number of carbonyl (C=O) groups is 1. The number of para-hydroxylation sites is 1. The number of benzene rings is 3. The van der Waals surface area contributed by atoms with E-state index in [9.17, 15) is 9.59 Å². The van der Waals surface area contributed by atoms with E-state index in [2.05, 4.69) is 49.2 Å². The Kier molecular flexibility index (Phi) is 9.30. The third-order valence-corrected chi connectivity index (χ3v) is 6.82. The third-order valence-electron chi connectivity index (χ3n) is 5.64. The third kappa shape index (κ3) is 6.68. The van der Waals surface area contributed by atoms with Gasteiger partial charge in [-0.1, -0.05) is 47.5 Å². The van der Waals surface area contributed by atoms with E-state index in [1.807, 2.05) is 30.3 Å². The van der Waals surface area contributed by atoms with Crippen LogP contribution in [0.25, 0.3) is 10.9 Å². The van der Waals surface area contributed by atoms with Gasteiger partial charge in [0.1, 0.15) is 5.82 Å². The van der Waals surface area contributed by atoms with Crippen LogP contribution in [0.3, 0.4) is 0 Å². The standard InChI is InChI=1S/C28H26Br2N4O4/c1-3-4-10-26-33-23-12-11-19(29)14-21(23)28(36)34(26)31-16-18-13-24(37-2)25(15-22(18)30)38-17-27(35)32-20-8-6-5-7-9-20/h5-9,11-16H,3-4,10,17H2,1-2H3,(H,32,35). The number of amides is 1. The van der Waals surface area contributed by atoms with Crippen molar-refractivity contribution in [2.75, 3.05) is 19.0 Å². The summed E-state index contributed by atoms with van der Waals surface area (Å²) in [5.74, 6) is 1.10. The van der Waals surface area contributed by atoms with Crippen molar-refractivity contribution in [2.24, 2.45) is 5.10 Å². The maximum atomic E-state index is 13.3. The second-order valence-electron chi connectivity index (χ2n) is 8.38. The predicted molar refractivity (Wildman–Crippen MR) is 157 cm³/mol. The van der Waals surface area contributed by atoms with Gasteiger partial charge < -0.3 is 14.8 Å². The van der Waals surface area contributed by atoms with E-state index in [1.165, 1.54) is 11.8 Å². The van der Waals surface area contributed by atoms with E-state index < -0.39 is 0 Å². The van der Waals surface area contributed by atoms with Gasteiger partial charge in [0.05, 0.1) is 24.2 Å². The number of unbranched alkanes of at least 4 members (excludes halogenated alkanes) is 1. The second-order valence-corrected chi connectivity index (χ2v) is 10.2. The van der Waals surface area contributed by atoms with E-state index >= 15 is 0 Å². The zero-order chi connectivity index (χ0) is 27.1. The Labute approximate surface area is 236 Å². The van der Waals surface area contributed by atoms with Crippen LogP contribution in [0.1, 0.15) is 31.2 Å². The van der Waals surface area contributed by atoms with Gasteiger partial charge in [-0.2, -0.15) is 9.78 Å². The molecular weight excluding hydrogens is 616 g/mol. The van der Waals surface area contributed by atoms with Gasteiger partial charge in [-0.05, 0) is 64.8 Å². The summed E-state index contributed by atoms with van der Waals surface area (Å²) < 4.78 is 14.0. The van der Waals surface area contributed by atoms with Crippen LogP contribution in [0, 0.1) is 0 Å². The molecule has 3 aromatic carbocycles. The minimum Gasteiger partial charge on any atom is -0.493 e. The van der Waals surface area contributed by atoms with Gasteiger partial charge in [0.2, 0.25) is 0 Å². The lowest BCUT2D eigenvalue weighted by Gasteiger charge is -2.13. The van der Waals surface area contributed by atoms with Crippen LogP contribution in [0.15, 0.2) is 79.5 Å². The molecule has 0 radical (unpaired) electrons. The van der Waals surface area contributed by atoms with Crippen LogP contribution in [0.2, 0.25) is 0 Å². The van der Waals surface area contributed by atoms with Crippen LogP contribution < -0.4 is 20.3 Å². The van der Waals surface area contributed by atoms with Gasteiger partial charge in [-0.15, -0.1) is 0 Å². The van der Waals surface area contributed by atoms with Gasteiger partial charge in [0.15, 0.2) is 18.1 Å². The molecule has 1 amide bonds. The molecule has 38 heavy (non-hydrogen) atoms. The summed E-state index contributed by atoms with van der Waals surface area (Å²) in [5.41, 5.74) is 1.73. The zero-order valence-corrected chi connectivity index (χ0v) is 24.1. The van der Waals surface area contributed by atoms with E-state index in [1.54, 1.807) is 36.5 Å². The highest BCUT2D eigenvalue weighted by Gasteiger charge is 2.14. The molecule has 0 fully saturated rings. The van der Waals surface area contributed by atoms with Crippen molar-refractivity contribution >= 4 is 60.6 Å². The Bertz CT molecular complexity index is 1540. The van der Waals surface area contributed by atoms with Gasteiger partial charge in [-0.3, -0.25) is 9.59 Å². The van der Waals surface area contributed by atoms with Crippen LogP contribution >= 0.6 is 31.9 Å². The molecule has 0 bridgehead atoms. The smallest absolute Gasteiger partial charge is 0.282 e. The summed E-state index contributed by atoms with van der Waals surface area (Å²) in [6, 6.07) is 18.0. The average molecular weight is 642 g/mol. The van der Waals surface area contributed by atoms with Gasteiger partial charge in [0, 0.05) is 26.6 Å². The molecule has 1 aromatic heterocycles. The fourth-order valence-corrected chi connectivity index (χ4v) is 4.50. The minimum atomic E-state index is -0.297. The average Bonchev–Trinajstić information content (AvgIpc) is 2.92. The first kappa shape index (κ1) is 27.5. The van der Waals surface area contributed by atoms with E-state index in [0.29, 0.717) is 50.4 Å². The number of halogens is 2. The molecule has 0 atom stereocenters. The Balaban J connectivity index is 1.60. The minimum absolute atomic E-state index is 0.195. The van der Waals surface area contributed by atoms with Crippen LogP contribution in [0.5, 0.6) is 11.5 Å². The number of hydrogen-bond acceptors (Lipinski definition) is 6. The normalized spacial score (nSPS) is 11.2. The van der Waals surface area contributed by atoms with Gasteiger partial charge in [-0.25, -0.2) is 4.98 Å². The molecule has 0 aliphatic rings. The largest absolute Gasteiger partial charge is 0.493 e. The highest BCUT2D eigenvalue weighted by molar-refractivity contribution is 9.10. The number of carbonyl (C=O) groups excluding carboxylic acids is 1. The lowest BCUT2D eigenvalue weighted by molar-refractivity contribution is -0.118. The van der Waals surface area contributed by atoms with Gasteiger partial charge in [0.25, 0.3) is 11.5 Å². The molecule has 0 saturated heterocycles. The summed E-state index contributed by atoms with van der Waals surface area (Å²) >= 11 is 6.96. The van der Waals surface area contributed by atoms with E-state index in [4.69, 9.17) is 14.5 Å². The first-order valence-corrected chi connectivity index (χ1v) is 13.6. The lowest BCUT2D eigenvalue weighted by Crippen LogP contribution is -2.22. The Morgan fingerprint density at radius 2 is 1.89 bits per heavy atom. The lowest BCUT2D eigenvalue weighted by atomic mass is 10.2. The first-order chi connectivity index (χ1) is 18.4. The highest BCUT2D eigenvalue weighted by atomic mass is 79.9. The number of aromatic nitrogens is 2. The van der Waals surface area contributed by atoms with Crippen molar-refractivity contribution in [3.63, 3.8) is 0 Å². The second kappa shape index (κ2) is 12.8. The molecule has 8 nitrogen and oxygen atoms in total. The molecule has 4 aromatic rings. The maximum absolute atomic E-state index is 13.3. The van der Waals surface area contributed by atoms with Crippen molar-refractivity contribution < 1.29 is 14.3 Å². The zero-order valence-electron chi connectivity index (χ0n) is 20.9. The Morgan fingerprint density at radius 3 is 2.63 bits per heavy atom. The summed E-state index contributed by atoms with van der Waals surface area (Å²) in [6.45, 7) is 1.89. The molecular formula is C28H26Br2N4O4. The van der Waals surface area contributed by atoms with Crippen LogP contribution in [0.4, 0.5) is 5.69 Å². The number of hydrogen-bond donors (Lipinski definition) is 1. The quantitative estimate of drug-likeness (QED) is 0.209. The molecule has 196 valence electrons. The van der Waals surface area contributed by atoms with Crippen molar-refractivity contribution in [1.82, 2.24) is 9.66 Å². The SMILES string of the molecule is CCCCc1nc2ccc(Br)cc2c(=O)n1N=Cc1cc(OC)c(OCC(=O)Nc2ccccc2)cc1Br. The molecule has 1 heterocycles. The van der Waals surface area contributed by atoms with Crippen LogP contribution in [-0.4, -0.2) is 35.5 Å². The number of aryl methyl sites for hydroxylation is 1. The first-order valence-electron chi connectivity index (χ1n) is 12.0. The van der Waals surface area contributed by atoms with Crippen molar-refractivity contribution in [1.29, 1.82) is 0 Å². The van der Waals surface area contributed by atoms with E-state index in [0.717, 1.165) is 17.3 Å². The topological polar surface area (TPSA) is 94.8 Å². The molecule has 10 heteroatoms.